The molecule has 10 rings (SSSR count). The molecule has 316 valence electrons. The molecule has 2 aromatic carbocycles. The number of halogens is 3. The maximum absolute atomic E-state index is 13.8. The van der Waals surface area contributed by atoms with Gasteiger partial charge in [-0.15, -0.1) is 0 Å². The molecule has 8 aromatic rings. The van der Waals surface area contributed by atoms with Gasteiger partial charge >= 0.3 is 29.6 Å². The number of aromatic amines is 1. The molecule has 61 heavy (non-hydrogen) atoms. The van der Waals surface area contributed by atoms with Gasteiger partial charge < -0.3 is 30.2 Å². The van der Waals surface area contributed by atoms with Gasteiger partial charge in [-0.25, -0.2) is 28.1 Å². The number of nitrogens with one attached hydrogen (secondary N) is 1. The monoisotopic (exact) mass is 868 g/mol. The molecule has 0 radical (unpaired) electrons. The number of ether oxygens (including phenoxy) is 2. The van der Waals surface area contributed by atoms with Crippen molar-refractivity contribution in [2.24, 2.45) is 14.1 Å². The van der Waals surface area contributed by atoms with Crippen molar-refractivity contribution in [2.45, 2.75) is 52.1 Å². The Bertz CT molecular complexity index is 2910. The normalized spacial score (nSPS) is 19.1. The number of morpholine rings is 2. The Hall–Kier alpha value is -4.99. The Morgan fingerprint density at radius 1 is 0.738 bits per heavy atom. The van der Waals surface area contributed by atoms with E-state index in [1.54, 1.807) is 50.7 Å². The molecular weight excluding hydrogens is 825 g/mol. The van der Waals surface area contributed by atoms with Crippen LogP contribution in [-0.4, -0.2) is 111 Å². The first-order valence-electron chi connectivity index (χ1n) is 19.0. The second-order valence-corrected chi connectivity index (χ2v) is 15.5. The maximum atomic E-state index is 13.8. The van der Waals surface area contributed by atoms with E-state index in [0.29, 0.717) is 70.6 Å². The van der Waals surface area contributed by atoms with Crippen molar-refractivity contribution < 1.29 is 58.8 Å². The van der Waals surface area contributed by atoms with Gasteiger partial charge in [-0.2, -0.15) is 15.3 Å². The van der Waals surface area contributed by atoms with Crippen LogP contribution in [0.3, 0.4) is 0 Å². The fourth-order valence-electron chi connectivity index (χ4n) is 8.14. The molecule has 0 aliphatic carbocycles. The van der Waals surface area contributed by atoms with Crippen LogP contribution >= 0.6 is 11.6 Å². The van der Waals surface area contributed by atoms with Gasteiger partial charge in [0.2, 0.25) is 0 Å². The SMILES string of the molecule is CC1CN(c2nc3c(cnn3C)c3[nH]n(-c4cccc(F)c4)c(=O)c23)CC(C)O1.CC1CN(c2nc3c(cnn3C)c3nn(-c4cccc(F)c4)c(Cl)c23)CC(C)O1.O.[Na+].[OH-]. The maximum Gasteiger partial charge on any atom is 1.00 e. The molecule has 0 saturated carbocycles. The van der Waals surface area contributed by atoms with Crippen LogP contribution in [0.4, 0.5) is 20.4 Å². The van der Waals surface area contributed by atoms with Gasteiger partial charge in [0.15, 0.2) is 11.3 Å². The molecule has 2 aliphatic rings. The molecule has 17 nitrogen and oxygen atoms in total. The Labute approximate surface area is 374 Å². The van der Waals surface area contributed by atoms with Gasteiger partial charge in [-0.1, -0.05) is 23.7 Å². The van der Waals surface area contributed by atoms with Crippen LogP contribution in [0.25, 0.3) is 55.2 Å². The number of rotatable bonds is 4. The van der Waals surface area contributed by atoms with Gasteiger partial charge in [0, 0.05) is 40.3 Å². The molecule has 8 heterocycles. The third-order valence-corrected chi connectivity index (χ3v) is 10.8. The average Bonchev–Trinajstić information content (AvgIpc) is 3.94. The molecule has 2 aliphatic heterocycles. The third kappa shape index (κ3) is 8.23. The van der Waals surface area contributed by atoms with Crippen molar-refractivity contribution in [1.29, 1.82) is 0 Å². The smallest absolute Gasteiger partial charge is 0.870 e. The van der Waals surface area contributed by atoms with Crippen molar-refractivity contribution in [2.75, 3.05) is 36.0 Å². The van der Waals surface area contributed by atoms with E-state index in [9.17, 15) is 13.6 Å². The van der Waals surface area contributed by atoms with Crippen molar-refractivity contribution in [1.82, 2.24) is 49.1 Å². The number of fused-ring (bicyclic) bond motifs is 6. The molecule has 0 amide bonds. The van der Waals surface area contributed by atoms with E-state index in [-0.39, 0.29) is 76.3 Å². The van der Waals surface area contributed by atoms with Crippen LogP contribution in [0.15, 0.2) is 65.7 Å². The summed E-state index contributed by atoms with van der Waals surface area (Å²) in [6.45, 7) is 10.7. The van der Waals surface area contributed by atoms with Crippen molar-refractivity contribution >= 4 is 67.1 Å². The minimum absolute atomic E-state index is 0. The fraction of sp³-hybridized carbons (Fsp3) is 0.350. The molecule has 6 aromatic heterocycles. The molecule has 4 N–H and O–H groups in total. The molecule has 4 unspecified atom stereocenters. The molecule has 0 spiro atoms. The van der Waals surface area contributed by atoms with E-state index in [4.69, 9.17) is 36.1 Å². The van der Waals surface area contributed by atoms with Crippen molar-refractivity contribution in [3.63, 3.8) is 0 Å². The summed E-state index contributed by atoms with van der Waals surface area (Å²) in [5.41, 5.74) is 3.44. The summed E-state index contributed by atoms with van der Waals surface area (Å²) in [5.74, 6) is 0.577. The summed E-state index contributed by atoms with van der Waals surface area (Å²) < 4.78 is 45.6. The first-order valence-corrected chi connectivity index (χ1v) is 19.4. The summed E-state index contributed by atoms with van der Waals surface area (Å²) in [7, 11) is 3.66. The summed E-state index contributed by atoms with van der Waals surface area (Å²) in [6.07, 6.45) is 3.58. The number of hydrogen-bond acceptors (Lipinski definition) is 11. The van der Waals surface area contributed by atoms with Crippen molar-refractivity contribution in [3.8, 4) is 11.4 Å². The van der Waals surface area contributed by atoms with Gasteiger partial charge in [-0.3, -0.25) is 19.3 Å². The predicted molar refractivity (Wildman–Crippen MR) is 224 cm³/mol. The number of anilines is 2. The number of H-pyrrole nitrogens is 1. The molecule has 0 bridgehead atoms. The predicted octanol–water partition coefficient (Wildman–Crippen LogP) is 2.07. The molecular formula is C40H44ClF2N12NaO5. The van der Waals surface area contributed by atoms with Crippen molar-refractivity contribution in [3.05, 3.63) is 88.1 Å². The summed E-state index contributed by atoms with van der Waals surface area (Å²) in [5, 5.41) is 19.7. The van der Waals surface area contributed by atoms with E-state index >= 15 is 0 Å². The largest absolute Gasteiger partial charge is 1.00 e. The van der Waals surface area contributed by atoms with E-state index < -0.39 is 5.82 Å². The van der Waals surface area contributed by atoms with Gasteiger partial charge in [0.25, 0.3) is 5.56 Å². The molecule has 4 atom stereocenters. The summed E-state index contributed by atoms with van der Waals surface area (Å²) >= 11 is 6.80. The zero-order valence-corrected chi connectivity index (χ0v) is 37.4. The number of benzene rings is 2. The van der Waals surface area contributed by atoms with Crippen LogP contribution in [0.5, 0.6) is 0 Å². The molecule has 2 saturated heterocycles. The number of aromatic nitrogens is 10. The standard InChI is InChI=1S/C20H20ClFN6O.C20H21FN6O2.Na.2H2O/c1-11-9-27(10-12(2)29-11)20-16-17(15-8-23-26(3)19(15)24-20)25-28(18(16)21)14-6-4-5-13(22)7-14;1-11-9-26(10-12(2)29-11)19-16-17(15-8-22-25(3)18(15)23-19)24-27(20(16)28)14-6-4-5-13(21)7-14;;;/h4-8,11-12H,9-10H2,1-3H3;4-8,11-12,24H,9-10H2,1-3H3;;2*1H2/q;;+1;;/p-1. The minimum atomic E-state index is -0.409. The van der Waals surface area contributed by atoms with Crippen LogP contribution < -0.4 is 44.9 Å². The second kappa shape index (κ2) is 17.8. The van der Waals surface area contributed by atoms with Gasteiger partial charge in [0.1, 0.15) is 39.3 Å². The third-order valence-electron chi connectivity index (χ3n) is 10.5. The van der Waals surface area contributed by atoms with Gasteiger partial charge in [0.05, 0.1) is 69.9 Å². The van der Waals surface area contributed by atoms with E-state index in [0.717, 1.165) is 27.6 Å². The zero-order chi connectivity index (χ0) is 40.6. The van der Waals surface area contributed by atoms with Crippen LogP contribution in [0.1, 0.15) is 27.7 Å². The zero-order valence-electron chi connectivity index (χ0n) is 34.6. The van der Waals surface area contributed by atoms with Crippen LogP contribution in [0, 0.1) is 11.6 Å². The minimum Gasteiger partial charge on any atom is -0.870 e. The number of nitrogens with zero attached hydrogens (tertiary/aromatic N) is 11. The van der Waals surface area contributed by atoms with Crippen LogP contribution in [0.2, 0.25) is 5.15 Å². The first-order chi connectivity index (χ1) is 27.8. The van der Waals surface area contributed by atoms with Gasteiger partial charge in [-0.05, 0) is 64.1 Å². The Kier molecular flexibility index (Phi) is 13.3. The quantitative estimate of drug-likeness (QED) is 0.254. The molecule has 2 fully saturated rings. The number of aryl methyl sites for hydroxylation is 2. The first kappa shape index (κ1) is 45.5. The summed E-state index contributed by atoms with van der Waals surface area (Å²) in [4.78, 5) is 27.4. The Morgan fingerprint density at radius 2 is 1.21 bits per heavy atom. The second-order valence-electron chi connectivity index (χ2n) is 15.1. The topological polar surface area (TPSA) is 203 Å². The summed E-state index contributed by atoms with van der Waals surface area (Å²) in [6, 6.07) is 12.1. The Balaban J connectivity index is 0.000000194. The Morgan fingerprint density at radius 3 is 1.75 bits per heavy atom. The van der Waals surface area contributed by atoms with E-state index in [1.165, 1.54) is 28.9 Å². The van der Waals surface area contributed by atoms with E-state index in [2.05, 4.69) is 25.1 Å². The average molecular weight is 869 g/mol. The fourth-order valence-corrected chi connectivity index (χ4v) is 8.45. The van der Waals surface area contributed by atoms with E-state index in [1.807, 2.05) is 41.8 Å². The number of pyridine rings is 2. The molecule has 21 heteroatoms. The number of hydrogen-bond donors (Lipinski definition) is 1. The van der Waals surface area contributed by atoms with Crippen LogP contribution in [-0.2, 0) is 23.6 Å².